The molecule has 37 heavy (non-hydrogen) atoms. The van der Waals surface area contributed by atoms with Gasteiger partial charge in [0.15, 0.2) is 11.4 Å². The summed E-state index contributed by atoms with van der Waals surface area (Å²) in [6.45, 7) is 12.1. The van der Waals surface area contributed by atoms with Crippen molar-refractivity contribution < 1.29 is 18.7 Å². The first-order chi connectivity index (χ1) is 17.6. The first-order valence-corrected chi connectivity index (χ1v) is 13.6. The van der Waals surface area contributed by atoms with Crippen LogP contribution in [0.4, 0.5) is 8.78 Å². The van der Waals surface area contributed by atoms with Gasteiger partial charge in [-0.2, -0.15) is 0 Å². The van der Waals surface area contributed by atoms with E-state index in [4.69, 9.17) is 0 Å². The molecule has 0 spiro atoms. The van der Waals surface area contributed by atoms with Gasteiger partial charge in [-0.3, -0.25) is 4.79 Å². The largest absolute Gasteiger partial charge is 0.379 e. The molecule has 2 fully saturated rings. The molecule has 3 rings (SSSR count). The number of rotatable bonds is 14. The zero-order valence-corrected chi connectivity index (χ0v) is 22.2. The zero-order chi connectivity index (χ0) is 27.1. The van der Waals surface area contributed by atoms with Gasteiger partial charge in [-0.15, -0.1) is 6.58 Å². The first-order valence-electron chi connectivity index (χ1n) is 13.6. The number of alkyl halides is 2. The monoisotopic (exact) mass is 508 g/mol. The minimum atomic E-state index is -3.35. The lowest BCUT2D eigenvalue weighted by molar-refractivity contribution is -0.175. The van der Waals surface area contributed by atoms with Gasteiger partial charge in [-0.25, -0.2) is 8.78 Å². The highest BCUT2D eigenvalue weighted by Gasteiger charge is 2.49. The molecule has 0 amide bonds. The van der Waals surface area contributed by atoms with Crippen LogP contribution in [0.15, 0.2) is 86.0 Å². The summed E-state index contributed by atoms with van der Waals surface area (Å²) in [6.07, 6.45) is 18.9. The van der Waals surface area contributed by atoms with E-state index in [0.717, 1.165) is 38.2 Å². The zero-order valence-electron chi connectivity index (χ0n) is 22.2. The second-order valence-corrected chi connectivity index (χ2v) is 10.9. The maximum Gasteiger partial charge on any atom is 0.283 e. The number of carbonyl (C=O) groups is 1. The van der Waals surface area contributed by atoms with E-state index in [-0.39, 0.29) is 11.3 Å². The standard InChI is InChI=1S/C33H42F2O2/c1-5-8-10-24(9-6-2)25-11-13-26(14-12-25)30(27-15-16-27)21-22-31(36)28-17-19-29(20-18-28)32(4,37)33(34,35)23-7-3/h5-10,17-20,25-27,30,37H,1-3,11-16,21-23H2,4H3/b10-8-,24-9+/t25?,26?,30?,32-/m0/s1. The Balaban J connectivity index is 1.59. The molecule has 0 bridgehead atoms. The van der Waals surface area contributed by atoms with Crippen molar-refractivity contribution in [3.63, 3.8) is 0 Å². The summed E-state index contributed by atoms with van der Waals surface area (Å²) in [5, 5.41) is 10.5. The molecule has 4 heteroatoms. The molecule has 1 aromatic carbocycles. The minimum Gasteiger partial charge on any atom is -0.379 e. The third kappa shape index (κ3) is 7.25. The van der Waals surface area contributed by atoms with Gasteiger partial charge in [0.1, 0.15) is 0 Å². The Hall–Kier alpha value is -2.59. The molecule has 1 N–H and O–H groups in total. The van der Waals surface area contributed by atoms with Crippen molar-refractivity contribution in [2.24, 2.45) is 23.7 Å². The summed E-state index contributed by atoms with van der Waals surface area (Å²) in [6, 6.07) is 6.02. The molecule has 1 aromatic rings. The molecule has 0 aliphatic heterocycles. The van der Waals surface area contributed by atoms with Crippen LogP contribution in [0.3, 0.4) is 0 Å². The Morgan fingerprint density at radius 3 is 2.14 bits per heavy atom. The van der Waals surface area contributed by atoms with Crippen molar-refractivity contribution in [3.05, 3.63) is 97.2 Å². The fourth-order valence-electron chi connectivity index (χ4n) is 5.92. The Morgan fingerprint density at radius 2 is 1.62 bits per heavy atom. The van der Waals surface area contributed by atoms with Gasteiger partial charge in [0.05, 0.1) is 0 Å². The van der Waals surface area contributed by atoms with Gasteiger partial charge in [-0.1, -0.05) is 73.9 Å². The van der Waals surface area contributed by atoms with Gasteiger partial charge in [-0.05, 0) is 86.7 Å². The summed E-state index contributed by atoms with van der Waals surface area (Å²) in [5.41, 5.74) is -0.411. The molecule has 2 aliphatic carbocycles. The van der Waals surface area contributed by atoms with Gasteiger partial charge in [0.2, 0.25) is 0 Å². The topological polar surface area (TPSA) is 37.3 Å². The van der Waals surface area contributed by atoms with Crippen LogP contribution in [-0.4, -0.2) is 16.8 Å². The highest BCUT2D eigenvalue weighted by molar-refractivity contribution is 5.96. The Bertz CT molecular complexity index is 1000. The lowest BCUT2D eigenvalue weighted by Gasteiger charge is -2.35. The van der Waals surface area contributed by atoms with Gasteiger partial charge >= 0.3 is 0 Å². The van der Waals surface area contributed by atoms with Crippen molar-refractivity contribution in [1.29, 1.82) is 0 Å². The van der Waals surface area contributed by atoms with Crippen LogP contribution in [0.1, 0.15) is 80.6 Å². The fourth-order valence-corrected chi connectivity index (χ4v) is 5.92. The first kappa shape index (κ1) is 29.0. The Kier molecular flexibility index (Phi) is 10.0. The van der Waals surface area contributed by atoms with E-state index in [0.29, 0.717) is 29.7 Å². The molecular weight excluding hydrogens is 466 g/mol. The maximum atomic E-state index is 14.4. The molecule has 2 nitrogen and oxygen atoms in total. The number of benzene rings is 1. The van der Waals surface area contributed by atoms with Gasteiger partial charge in [0.25, 0.3) is 5.92 Å². The van der Waals surface area contributed by atoms with Crippen LogP contribution < -0.4 is 0 Å². The highest BCUT2D eigenvalue weighted by atomic mass is 19.3. The fraction of sp³-hybridized carbons (Fsp3) is 0.485. The molecule has 2 atom stereocenters. The van der Waals surface area contributed by atoms with Crippen LogP contribution >= 0.6 is 0 Å². The number of hydrogen-bond acceptors (Lipinski definition) is 2. The maximum absolute atomic E-state index is 14.4. The molecule has 2 aliphatic rings. The lowest BCUT2D eigenvalue weighted by atomic mass is 9.70. The minimum absolute atomic E-state index is 0.0362. The van der Waals surface area contributed by atoms with Gasteiger partial charge in [0, 0.05) is 18.4 Å². The molecule has 200 valence electrons. The van der Waals surface area contributed by atoms with Gasteiger partial charge < -0.3 is 5.11 Å². The number of ketones is 1. The summed E-state index contributed by atoms with van der Waals surface area (Å²) in [4.78, 5) is 13.0. The molecule has 1 unspecified atom stereocenters. The van der Waals surface area contributed by atoms with Crippen LogP contribution in [0, 0.1) is 23.7 Å². The molecule has 0 heterocycles. The number of carbonyl (C=O) groups excluding carboxylic acids is 1. The summed E-state index contributed by atoms with van der Waals surface area (Å²) < 4.78 is 28.7. The normalized spacial score (nSPS) is 23.3. The van der Waals surface area contributed by atoms with Crippen LogP contribution in [-0.2, 0) is 5.60 Å². The third-order valence-electron chi connectivity index (χ3n) is 8.40. The van der Waals surface area contributed by atoms with E-state index in [1.807, 2.05) is 12.2 Å². The summed E-state index contributed by atoms with van der Waals surface area (Å²) in [7, 11) is 0. The van der Waals surface area contributed by atoms with Crippen LogP contribution in [0.2, 0.25) is 0 Å². The predicted octanol–water partition coefficient (Wildman–Crippen LogP) is 8.76. The van der Waals surface area contributed by atoms with Crippen LogP contribution in [0.5, 0.6) is 0 Å². The highest BCUT2D eigenvalue weighted by Crippen LogP contribution is 2.48. The van der Waals surface area contributed by atoms with Crippen molar-refractivity contribution in [1.82, 2.24) is 0 Å². The number of halogens is 2. The molecular formula is C33H42F2O2. The van der Waals surface area contributed by atoms with E-state index in [1.54, 1.807) is 18.2 Å². The lowest BCUT2D eigenvalue weighted by Crippen LogP contribution is -2.42. The SMILES string of the molecule is C=C/C=C\C(=C/C=C)C1CCC(C(CCC(=O)c2ccc([C@](C)(O)C(F)(F)CC=C)cc2)C2CC2)CC1. The molecule has 2 saturated carbocycles. The number of allylic oxidation sites excluding steroid dienone is 7. The molecule has 0 aromatic heterocycles. The average Bonchev–Trinajstić information content (AvgIpc) is 3.72. The number of aliphatic hydroxyl groups is 1. The average molecular weight is 509 g/mol. The third-order valence-corrected chi connectivity index (χ3v) is 8.40. The Labute approximate surface area is 221 Å². The van der Waals surface area contributed by atoms with E-state index in [1.165, 1.54) is 43.4 Å². The smallest absolute Gasteiger partial charge is 0.283 e. The summed E-state index contributed by atoms with van der Waals surface area (Å²) in [5.74, 6) is -0.827. The number of hydrogen-bond donors (Lipinski definition) is 1. The molecule has 0 saturated heterocycles. The predicted molar refractivity (Wildman–Crippen MR) is 149 cm³/mol. The summed E-state index contributed by atoms with van der Waals surface area (Å²) >= 11 is 0. The quantitative estimate of drug-likeness (QED) is 0.155. The van der Waals surface area contributed by atoms with E-state index >= 15 is 0 Å². The Morgan fingerprint density at radius 1 is 1.03 bits per heavy atom. The van der Waals surface area contributed by atoms with E-state index in [2.05, 4.69) is 31.9 Å². The second-order valence-electron chi connectivity index (χ2n) is 10.9. The van der Waals surface area contributed by atoms with E-state index in [9.17, 15) is 18.7 Å². The van der Waals surface area contributed by atoms with Crippen LogP contribution in [0.25, 0.3) is 0 Å². The van der Waals surface area contributed by atoms with Crippen molar-refractivity contribution in [3.8, 4) is 0 Å². The molecule has 0 radical (unpaired) electrons. The van der Waals surface area contributed by atoms with Crippen molar-refractivity contribution >= 4 is 5.78 Å². The van der Waals surface area contributed by atoms with E-state index < -0.39 is 17.9 Å². The van der Waals surface area contributed by atoms with Crippen molar-refractivity contribution in [2.75, 3.05) is 0 Å². The second kappa shape index (κ2) is 12.8. The van der Waals surface area contributed by atoms with Crippen molar-refractivity contribution in [2.45, 2.75) is 76.2 Å². The number of Topliss-reactive ketones (excluding diaryl/α,β-unsaturated/α-hetero) is 1.